The Hall–Kier alpha value is -1.88. The van der Waals surface area contributed by atoms with Crippen LogP contribution in [0.4, 0.5) is 5.69 Å². The van der Waals surface area contributed by atoms with Gasteiger partial charge in [-0.25, -0.2) is 0 Å². The van der Waals surface area contributed by atoms with Crippen LogP contribution in [0.3, 0.4) is 0 Å². The van der Waals surface area contributed by atoms with Gasteiger partial charge in [-0.1, -0.05) is 6.92 Å². The summed E-state index contributed by atoms with van der Waals surface area (Å²) >= 11 is 0. The van der Waals surface area contributed by atoms with Gasteiger partial charge in [-0.15, -0.1) is 0 Å². The van der Waals surface area contributed by atoms with E-state index in [1.807, 2.05) is 0 Å². The number of nitrogens with one attached hydrogen (secondary N) is 2. The Morgan fingerprint density at radius 2 is 1.80 bits per heavy atom. The molecule has 2 atom stereocenters. The lowest BCUT2D eigenvalue weighted by Gasteiger charge is -2.15. The van der Waals surface area contributed by atoms with Gasteiger partial charge in [0, 0.05) is 23.3 Å². The van der Waals surface area contributed by atoms with Crippen molar-refractivity contribution < 1.29 is 9.59 Å². The van der Waals surface area contributed by atoms with Crippen LogP contribution in [0, 0.1) is 5.92 Å². The number of carbonyl (C=O) groups is 2. The minimum absolute atomic E-state index is 0.0608. The molecule has 1 aromatic carbocycles. The third kappa shape index (κ3) is 3.81. The van der Waals surface area contributed by atoms with Crippen LogP contribution in [0.5, 0.6) is 0 Å². The summed E-state index contributed by atoms with van der Waals surface area (Å²) in [4.78, 5) is 23.7. The number of benzene rings is 1. The summed E-state index contributed by atoms with van der Waals surface area (Å²) in [6.45, 7) is 3.59. The van der Waals surface area contributed by atoms with E-state index in [1.54, 1.807) is 38.1 Å². The fourth-order valence-corrected chi connectivity index (χ4v) is 1.70. The maximum absolute atomic E-state index is 11.9. The van der Waals surface area contributed by atoms with Gasteiger partial charge >= 0.3 is 0 Å². The highest BCUT2D eigenvalue weighted by Gasteiger charge is 2.23. The van der Waals surface area contributed by atoms with Gasteiger partial charge in [-0.05, 0) is 44.0 Å². The minimum Gasteiger partial charge on any atom is -0.349 e. The second-order valence-electron chi connectivity index (χ2n) is 5.46. The number of anilines is 1. The van der Waals surface area contributed by atoms with Crippen molar-refractivity contribution >= 4 is 17.5 Å². The van der Waals surface area contributed by atoms with Crippen LogP contribution in [0.1, 0.15) is 37.0 Å². The van der Waals surface area contributed by atoms with Crippen molar-refractivity contribution in [3.05, 3.63) is 29.8 Å². The molecule has 108 valence electrons. The Kier molecular flexibility index (Phi) is 4.39. The lowest BCUT2D eigenvalue weighted by atomic mass is 10.0. The Morgan fingerprint density at radius 1 is 1.20 bits per heavy atom. The first kappa shape index (κ1) is 14.5. The van der Waals surface area contributed by atoms with Crippen LogP contribution >= 0.6 is 0 Å². The molecule has 0 heterocycles. The van der Waals surface area contributed by atoms with Crippen molar-refractivity contribution in [3.63, 3.8) is 0 Å². The molecule has 0 spiro atoms. The van der Waals surface area contributed by atoms with E-state index in [2.05, 4.69) is 10.6 Å². The van der Waals surface area contributed by atoms with Gasteiger partial charge < -0.3 is 16.4 Å². The summed E-state index contributed by atoms with van der Waals surface area (Å²) in [7, 11) is 0. The van der Waals surface area contributed by atoms with Crippen LogP contribution in [0.2, 0.25) is 0 Å². The van der Waals surface area contributed by atoms with Crippen molar-refractivity contribution in [2.45, 2.75) is 38.8 Å². The van der Waals surface area contributed by atoms with E-state index in [1.165, 1.54) is 0 Å². The molecule has 1 aliphatic carbocycles. The molecule has 0 saturated heterocycles. The molecule has 1 aliphatic rings. The molecule has 0 radical (unpaired) electrons. The Labute approximate surface area is 118 Å². The van der Waals surface area contributed by atoms with E-state index >= 15 is 0 Å². The van der Waals surface area contributed by atoms with E-state index in [9.17, 15) is 9.59 Å². The molecule has 0 aliphatic heterocycles. The smallest absolute Gasteiger partial charge is 0.251 e. The Balaban J connectivity index is 1.93. The molecule has 2 rings (SSSR count). The molecular formula is C15H21N3O2. The topological polar surface area (TPSA) is 84.2 Å². The minimum atomic E-state index is -0.257. The average Bonchev–Trinajstić information content (AvgIpc) is 3.22. The number of hydrogen-bond acceptors (Lipinski definition) is 3. The fourth-order valence-electron chi connectivity index (χ4n) is 1.70. The summed E-state index contributed by atoms with van der Waals surface area (Å²) in [5.41, 5.74) is 6.97. The highest BCUT2D eigenvalue weighted by molar-refractivity contribution is 5.96. The van der Waals surface area contributed by atoms with Crippen molar-refractivity contribution in [1.29, 1.82) is 0 Å². The van der Waals surface area contributed by atoms with Crippen LogP contribution in [-0.2, 0) is 4.79 Å². The number of carbonyl (C=O) groups excluding carboxylic acids is 2. The largest absolute Gasteiger partial charge is 0.349 e. The zero-order valence-electron chi connectivity index (χ0n) is 11.8. The van der Waals surface area contributed by atoms with Crippen molar-refractivity contribution in [2.24, 2.45) is 11.7 Å². The molecule has 2 unspecified atom stereocenters. The van der Waals surface area contributed by atoms with Crippen molar-refractivity contribution in [1.82, 2.24) is 5.32 Å². The van der Waals surface area contributed by atoms with Crippen LogP contribution in [0.25, 0.3) is 0 Å². The Morgan fingerprint density at radius 3 is 2.30 bits per heavy atom. The fraction of sp³-hybridized carbons (Fsp3) is 0.467. The van der Waals surface area contributed by atoms with Crippen LogP contribution in [-0.4, -0.2) is 23.9 Å². The molecule has 5 heteroatoms. The maximum Gasteiger partial charge on any atom is 0.251 e. The quantitative estimate of drug-likeness (QED) is 0.761. The van der Waals surface area contributed by atoms with E-state index in [0.29, 0.717) is 17.3 Å². The summed E-state index contributed by atoms with van der Waals surface area (Å²) in [5, 5.41) is 5.71. The van der Waals surface area contributed by atoms with Gasteiger partial charge in [-0.2, -0.15) is 0 Å². The summed E-state index contributed by atoms with van der Waals surface area (Å²) < 4.78 is 0. The lowest BCUT2D eigenvalue weighted by molar-refractivity contribution is -0.119. The first-order chi connectivity index (χ1) is 9.47. The van der Waals surface area contributed by atoms with Gasteiger partial charge in [0.25, 0.3) is 5.91 Å². The lowest BCUT2D eigenvalue weighted by Crippen LogP contribution is -2.34. The van der Waals surface area contributed by atoms with Crippen molar-refractivity contribution in [2.75, 3.05) is 5.32 Å². The maximum atomic E-state index is 11.9. The molecule has 4 N–H and O–H groups in total. The number of amides is 2. The van der Waals surface area contributed by atoms with Gasteiger partial charge in [0.15, 0.2) is 0 Å². The van der Waals surface area contributed by atoms with E-state index in [-0.39, 0.29) is 23.8 Å². The molecule has 5 nitrogen and oxygen atoms in total. The van der Waals surface area contributed by atoms with E-state index < -0.39 is 0 Å². The zero-order valence-corrected chi connectivity index (χ0v) is 11.8. The average molecular weight is 275 g/mol. The molecule has 2 amide bonds. The van der Waals surface area contributed by atoms with Crippen molar-refractivity contribution in [3.8, 4) is 0 Å². The molecule has 1 aromatic rings. The van der Waals surface area contributed by atoms with Gasteiger partial charge in [0.2, 0.25) is 5.91 Å². The summed E-state index contributed by atoms with van der Waals surface area (Å²) in [6, 6.07) is 7.03. The highest BCUT2D eigenvalue weighted by Crippen LogP contribution is 2.19. The third-order valence-electron chi connectivity index (χ3n) is 3.53. The number of rotatable bonds is 5. The summed E-state index contributed by atoms with van der Waals surface area (Å²) in [5.74, 6) is -0.433. The summed E-state index contributed by atoms with van der Waals surface area (Å²) in [6.07, 6.45) is 2.13. The number of hydrogen-bond donors (Lipinski definition) is 3. The zero-order chi connectivity index (χ0) is 14.7. The number of nitrogens with two attached hydrogens (primary N) is 1. The van der Waals surface area contributed by atoms with E-state index in [4.69, 9.17) is 5.73 Å². The van der Waals surface area contributed by atoms with E-state index in [0.717, 1.165) is 12.8 Å². The van der Waals surface area contributed by atoms with Crippen LogP contribution < -0.4 is 16.4 Å². The van der Waals surface area contributed by atoms with Gasteiger partial charge in [-0.3, -0.25) is 9.59 Å². The molecule has 0 bridgehead atoms. The first-order valence-corrected chi connectivity index (χ1v) is 6.94. The molecular weight excluding hydrogens is 254 g/mol. The Bertz CT molecular complexity index is 492. The first-order valence-electron chi connectivity index (χ1n) is 6.94. The standard InChI is InChI=1S/C15H21N3O2/c1-9(10(2)16)14(19)17-12-5-3-11(4-6-12)15(20)18-13-7-8-13/h3-6,9-10,13H,7-8,16H2,1-2H3,(H,17,19)(H,18,20). The predicted molar refractivity (Wildman–Crippen MR) is 78.4 cm³/mol. The second kappa shape index (κ2) is 6.05. The SMILES string of the molecule is CC(N)C(C)C(=O)Nc1ccc(C(=O)NC2CC2)cc1. The molecule has 0 aromatic heterocycles. The van der Waals surface area contributed by atoms with Gasteiger partial charge in [0.05, 0.1) is 5.92 Å². The predicted octanol–water partition coefficient (Wildman–Crippen LogP) is 1.50. The van der Waals surface area contributed by atoms with Gasteiger partial charge in [0.1, 0.15) is 0 Å². The normalized spacial score (nSPS) is 17.1. The highest BCUT2D eigenvalue weighted by atomic mass is 16.2. The molecule has 1 fully saturated rings. The van der Waals surface area contributed by atoms with Crippen LogP contribution in [0.15, 0.2) is 24.3 Å². The monoisotopic (exact) mass is 275 g/mol. The molecule has 20 heavy (non-hydrogen) atoms. The molecule has 1 saturated carbocycles. The second-order valence-corrected chi connectivity index (χ2v) is 5.46. The third-order valence-corrected chi connectivity index (χ3v) is 3.53.